The summed E-state index contributed by atoms with van der Waals surface area (Å²) in [5.74, 6) is 4.97. The zero-order valence-electron chi connectivity index (χ0n) is 10.2. The molecule has 2 rings (SSSR count). The molecular weight excluding hydrogens is 234 g/mol. The zero-order valence-corrected chi connectivity index (χ0v) is 11.0. The maximum absolute atomic E-state index is 11.5. The smallest absolute Gasteiger partial charge is 0.275 e. The monoisotopic (exact) mass is 253 g/mol. The van der Waals surface area contributed by atoms with Gasteiger partial charge in [0.05, 0.1) is 9.88 Å². The van der Waals surface area contributed by atoms with Crippen LogP contribution in [0.5, 0.6) is 0 Å². The normalized spacial score (nSPS) is 16.7. The summed E-state index contributed by atoms with van der Waals surface area (Å²) in [6.45, 7) is 4.26. The van der Waals surface area contributed by atoms with Crippen molar-refractivity contribution in [3.63, 3.8) is 0 Å². The van der Waals surface area contributed by atoms with E-state index in [0.29, 0.717) is 4.88 Å². The van der Waals surface area contributed by atoms with Gasteiger partial charge in [0.2, 0.25) is 0 Å². The molecular formula is C12H19N3OS. The van der Waals surface area contributed by atoms with E-state index in [1.165, 1.54) is 36.2 Å². The Morgan fingerprint density at radius 3 is 2.59 bits per heavy atom. The number of nitrogen functional groups attached to an aromatic ring is 1. The molecule has 1 aliphatic heterocycles. The van der Waals surface area contributed by atoms with E-state index in [1.54, 1.807) is 11.3 Å². The van der Waals surface area contributed by atoms with Crippen LogP contribution in [0.2, 0.25) is 0 Å². The third-order valence-electron chi connectivity index (χ3n) is 3.14. The number of rotatable bonds is 2. The molecule has 4 nitrogen and oxygen atoms in total. The minimum atomic E-state index is -0.195. The van der Waals surface area contributed by atoms with Crippen LogP contribution in [0, 0.1) is 6.92 Å². The van der Waals surface area contributed by atoms with Gasteiger partial charge in [0.15, 0.2) is 0 Å². The predicted molar refractivity (Wildman–Crippen MR) is 71.4 cm³/mol. The Bertz CT molecular complexity index is 394. The molecule has 0 spiro atoms. The summed E-state index contributed by atoms with van der Waals surface area (Å²) in [5, 5.41) is 1.23. The van der Waals surface area contributed by atoms with Gasteiger partial charge in [-0.3, -0.25) is 10.2 Å². The third-order valence-corrected chi connectivity index (χ3v) is 4.44. The number of nitrogens with one attached hydrogen (secondary N) is 1. The first-order valence-corrected chi connectivity index (χ1v) is 6.90. The molecule has 17 heavy (non-hydrogen) atoms. The highest BCUT2D eigenvalue weighted by molar-refractivity contribution is 7.18. The molecule has 1 fully saturated rings. The van der Waals surface area contributed by atoms with Gasteiger partial charge >= 0.3 is 0 Å². The molecule has 5 heteroatoms. The van der Waals surface area contributed by atoms with Crippen molar-refractivity contribution in [3.05, 3.63) is 16.5 Å². The molecule has 0 bridgehead atoms. The number of thiophene rings is 1. The largest absolute Gasteiger partial charge is 0.363 e. The van der Waals surface area contributed by atoms with E-state index in [2.05, 4.69) is 17.2 Å². The van der Waals surface area contributed by atoms with E-state index in [1.807, 2.05) is 6.07 Å². The van der Waals surface area contributed by atoms with Crippen molar-refractivity contribution in [2.75, 3.05) is 18.0 Å². The second-order valence-electron chi connectivity index (χ2n) is 4.47. The molecule has 1 aliphatic rings. The summed E-state index contributed by atoms with van der Waals surface area (Å²) in [4.78, 5) is 14.6. The minimum Gasteiger partial charge on any atom is -0.363 e. The molecule has 1 aromatic rings. The number of nitrogens with zero attached hydrogens (tertiary/aromatic N) is 1. The van der Waals surface area contributed by atoms with Gasteiger partial charge in [-0.05, 0) is 31.4 Å². The van der Waals surface area contributed by atoms with Crippen LogP contribution in [0.1, 0.15) is 40.9 Å². The molecule has 94 valence electrons. The average molecular weight is 253 g/mol. The highest BCUT2D eigenvalue weighted by atomic mass is 32.1. The summed E-state index contributed by atoms with van der Waals surface area (Å²) in [7, 11) is 0. The molecule has 3 N–H and O–H groups in total. The van der Waals surface area contributed by atoms with Crippen molar-refractivity contribution in [1.82, 2.24) is 5.43 Å². The van der Waals surface area contributed by atoms with Gasteiger partial charge in [0.1, 0.15) is 0 Å². The average Bonchev–Trinajstić information content (AvgIpc) is 2.56. The molecule has 0 aromatic carbocycles. The van der Waals surface area contributed by atoms with Crippen molar-refractivity contribution in [2.45, 2.75) is 32.6 Å². The Hall–Kier alpha value is -1.07. The lowest BCUT2D eigenvalue weighted by Gasteiger charge is -2.21. The van der Waals surface area contributed by atoms with Crippen LogP contribution in [0.25, 0.3) is 0 Å². The number of carbonyl (C=O) groups excluding carboxylic acids is 1. The molecule has 0 radical (unpaired) electrons. The first-order valence-electron chi connectivity index (χ1n) is 6.08. The Morgan fingerprint density at radius 1 is 1.35 bits per heavy atom. The maximum Gasteiger partial charge on any atom is 0.275 e. The summed E-state index contributed by atoms with van der Waals surface area (Å²) in [6.07, 6.45) is 5.12. The lowest BCUT2D eigenvalue weighted by atomic mass is 10.2. The van der Waals surface area contributed by atoms with E-state index in [9.17, 15) is 4.79 Å². The topological polar surface area (TPSA) is 58.4 Å². The highest BCUT2D eigenvalue weighted by Crippen LogP contribution is 2.32. The fourth-order valence-corrected chi connectivity index (χ4v) is 3.37. The summed E-state index contributed by atoms with van der Waals surface area (Å²) in [6, 6.07) is 1.92. The Balaban J connectivity index is 2.19. The van der Waals surface area contributed by atoms with Gasteiger partial charge in [0.25, 0.3) is 5.91 Å². The van der Waals surface area contributed by atoms with Gasteiger partial charge in [-0.25, -0.2) is 5.84 Å². The van der Waals surface area contributed by atoms with Gasteiger partial charge in [0, 0.05) is 13.1 Å². The second-order valence-corrected chi connectivity index (χ2v) is 5.50. The first-order chi connectivity index (χ1) is 8.22. The van der Waals surface area contributed by atoms with Gasteiger partial charge in [-0.1, -0.05) is 12.8 Å². The first kappa shape index (κ1) is 12.4. The highest BCUT2D eigenvalue weighted by Gasteiger charge is 2.17. The van der Waals surface area contributed by atoms with Crippen molar-refractivity contribution in [3.8, 4) is 0 Å². The van der Waals surface area contributed by atoms with Gasteiger partial charge < -0.3 is 4.90 Å². The summed E-state index contributed by atoms with van der Waals surface area (Å²) < 4.78 is 0. The van der Waals surface area contributed by atoms with Crippen LogP contribution in [-0.4, -0.2) is 19.0 Å². The number of carbonyl (C=O) groups is 1. The van der Waals surface area contributed by atoms with Crippen molar-refractivity contribution >= 4 is 22.2 Å². The Kier molecular flexibility index (Phi) is 4.02. The molecule has 1 saturated heterocycles. The van der Waals surface area contributed by atoms with Crippen LogP contribution in [0.4, 0.5) is 5.00 Å². The number of hydrogen-bond acceptors (Lipinski definition) is 4. The number of anilines is 1. The van der Waals surface area contributed by atoms with Crippen LogP contribution >= 0.6 is 11.3 Å². The number of nitrogens with two attached hydrogens (primary N) is 1. The predicted octanol–water partition coefficient (Wildman–Crippen LogP) is 2.04. The Labute approximate surface area is 106 Å². The number of aryl methyl sites for hydroxylation is 1. The lowest BCUT2D eigenvalue weighted by molar-refractivity contribution is 0.0957. The van der Waals surface area contributed by atoms with Gasteiger partial charge in [-0.15, -0.1) is 11.3 Å². The number of amides is 1. The second kappa shape index (κ2) is 5.51. The SMILES string of the molecule is Cc1cc(C(=O)NN)sc1N1CCCCCC1. The van der Waals surface area contributed by atoms with Crippen LogP contribution < -0.4 is 16.2 Å². The molecule has 0 saturated carbocycles. The third kappa shape index (κ3) is 2.79. The quantitative estimate of drug-likeness (QED) is 0.482. The molecule has 1 amide bonds. The fraction of sp³-hybridized carbons (Fsp3) is 0.583. The maximum atomic E-state index is 11.5. The van der Waals surface area contributed by atoms with E-state index in [4.69, 9.17) is 5.84 Å². The summed E-state index contributed by atoms with van der Waals surface area (Å²) in [5.41, 5.74) is 3.37. The number of hydrazine groups is 1. The lowest BCUT2D eigenvalue weighted by Crippen LogP contribution is -2.29. The zero-order chi connectivity index (χ0) is 12.3. The van der Waals surface area contributed by atoms with Crippen LogP contribution in [-0.2, 0) is 0 Å². The van der Waals surface area contributed by atoms with Crippen LogP contribution in [0.3, 0.4) is 0 Å². The number of hydrogen-bond donors (Lipinski definition) is 2. The molecule has 0 unspecified atom stereocenters. The van der Waals surface area contributed by atoms with E-state index in [-0.39, 0.29) is 5.91 Å². The molecule has 0 atom stereocenters. The van der Waals surface area contributed by atoms with Crippen molar-refractivity contribution < 1.29 is 4.79 Å². The minimum absolute atomic E-state index is 0.195. The van der Waals surface area contributed by atoms with Crippen molar-refractivity contribution in [1.29, 1.82) is 0 Å². The summed E-state index contributed by atoms with van der Waals surface area (Å²) >= 11 is 1.54. The van der Waals surface area contributed by atoms with Crippen molar-refractivity contribution in [2.24, 2.45) is 5.84 Å². The van der Waals surface area contributed by atoms with E-state index >= 15 is 0 Å². The van der Waals surface area contributed by atoms with Crippen LogP contribution in [0.15, 0.2) is 6.07 Å². The Morgan fingerprint density at radius 2 is 2.00 bits per heavy atom. The van der Waals surface area contributed by atoms with E-state index < -0.39 is 0 Å². The standard InChI is InChI=1S/C12H19N3OS/c1-9-8-10(11(16)14-13)17-12(9)15-6-4-2-3-5-7-15/h8H,2-7,13H2,1H3,(H,14,16). The van der Waals surface area contributed by atoms with Gasteiger partial charge in [-0.2, -0.15) is 0 Å². The molecule has 1 aromatic heterocycles. The molecule has 0 aliphatic carbocycles. The fourth-order valence-electron chi connectivity index (χ4n) is 2.24. The molecule has 2 heterocycles. The van der Waals surface area contributed by atoms with E-state index in [0.717, 1.165) is 13.1 Å².